The molecule has 0 aromatic carbocycles. The monoisotopic (exact) mass is 201 g/mol. The van der Waals surface area contributed by atoms with Crippen molar-refractivity contribution in [1.29, 1.82) is 0 Å². The lowest BCUT2D eigenvalue weighted by Crippen LogP contribution is -2.41. The molecule has 0 rings (SSSR count). The zero-order valence-electron chi connectivity index (χ0n) is 10.6. The molecule has 3 unspecified atom stereocenters. The van der Waals surface area contributed by atoms with E-state index in [1.807, 2.05) is 0 Å². The summed E-state index contributed by atoms with van der Waals surface area (Å²) < 4.78 is 5.28. The fourth-order valence-corrected chi connectivity index (χ4v) is 1.46. The van der Waals surface area contributed by atoms with Crippen LogP contribution in [0.15, 0.2) is 0 Å². The number of rotatable bonds is 7. The lowest BCUT2D eigenvalue weighted by atomic mass is 10.0. The second kappa shape index (κ2) is 7.24. The highest BCUT2D eigenvalue weighted by molar-refractivity contribution is 4.72. The van der Waals surface area contributed by atoms with Crippen LogP contribution in [0.25, 0.3) is 0 Å². The fraction of sp³-hybridized carbons (Fsp3) is 1.00. The highest BCUT2D eigenvalue weighted by atomic mass is 16.5. The number of hydrogen-bond acceptors (Lipinski definition) is 2. The van der Waals surface area contributed by atoms with Crippen LogP contribution in [0.3, 0.4) is 0 Å². The van der Waals surface area contributed by atoms with Gasteiger partial charge in [-0.15, -0.1) is 0 Å². The number of methoxy groups -OCH3 is 1. The van der Waals surface area contributed by atoms with Gasteiger partial charge in [-0.05, 0) is 39.5 Å². The Balaban J connectivity index is 3.65. The molecule has 1 N–H and O–H groups in total. The van der Waals surface area contributed by atoms with E-state index in [9.17, 15) is 0 Å². The molecule has 0 saturated carbocycles. The first-order valence-electron chi connectivity index (χ1n) is 5.76. The molecule has 3 atom stereocenters. The summed E-state index contributed by atoms with van der Waals surface area (Å²) in [7, 11) is 1.77. The quantitative estimate of drug-likeness (QED) is 0.684. The Morgan fingerprint density at radius 1 is 1.00 bits per heavy atom. The molecular weight excluding hydrogens is 174 g/mol. The lowest BCUT2D eigenvalue weighted by Gasteiger charge is -2.24. The molecule has 2 nitrogen and oxygen atoms in total. The van der Waals surface area contributed by atoms with Crippen molar-refractivity contribution < 1.29 is 4.74 Å². The average Bonchev–Trinajstić information content (AvgIpc) is 2.13. The summed E-state index contributed by atoms with van der Waals surface area (Å²) in [4.78, 5) is 0. The molecule has 0 fully saturated rings. The predicted molar refractivity (Wildman–Crippen MR) is 62.6 cm³/mol. The smallest absolute Gasteiger partial charge is 0.0693 e. The van der Waals surface area contributed by atoms with E-state index >= 15 is 0 Å². The first-order chi connectivity index (χ1) is 6.47. The number of hydrogen-bond donors (Lipinski definition) is 1. The van der Waals surface area contributed by atoms with Crippen molar-refractivity contribution in [2.75, 3.05) is 7.11 Å². The van der Waals surface area contributed by atoms with Crippen molar-refractivity contribution in [1.82, 2.24) is 5.32 Å². The molecule has 86 valence electrons. The van der Waals surface area contributed by atoms with Crippen LogP contribution in [0.5, 0.6) is 0 Å². The highest BCUT2D eigenvalue weighted by Crippen LogP contribution is 2.08. The van der Waals surface area contributed by atoms with E-state index in [1.165, 1.54) is 12.8 Å². The summed E-state index contributed by atoms with van der Waals surface area (Å²) in [5, 5.41) is 3.56. The van der Waals surface area contributed by atoms with E-state index in [1.54, 1.807) is 7.11 Å². The summed E-state index contributed by atoms with van der Waals surface area (Å²) >= 11 is 0. The summed E-state index contributed by atoms with van der Waals surface area (Å²) in [6, 6.07) is 1.02. The van der Waals surface area contributed by atoms with Gasteiger partial charge in [0.2, 0.25) is 0 Å². The molecule has 0 bridgehead atoms. The van der Waals surface area contributed by atoms with Gasteiger partial charge >= 0.3 is 0 Å². The predicted octanol–water partition coefficient (Wildman–Crippen LogP) is 2.82. The molecule has 14 heavy (non-hydrogen) atoms. The van der Waals surface area contributed by atoms with Crippen LogP contribution in [0.4, 0.5) is 0 Å². The van der Waals surface area contributed by atoms with Crippen molar-refractivity contribution in [2.45, 2.75) is 65.6 Å². The second-order valence-corrected chi connectivity index (χ2v) is 4.77. The van der Waals surface area contributed by atoms with Gasteiger partial charge in [-0.25, -0.2) is 0 Å². The minimum absolute atomic E-state index is 0.288. The van der Waals surface area contributed by atoms with E-state index in [0.29, 0.717) is 12.1 Å². The Labute approximate surface area is 89.4 Å². The largest absolute Gasteiger partial charge is 0.380 e. The van der Waals surface area contributed by atoms with E-state index in [2.05, 4.69) is 39.9 Å². The zero-order valence-corrected chi connectivity index (χ0v) is 10.6. The van der Waals surface area contributed by atoms with Crippen molar-refractivity contribution in [3.63, 3.8) is 0 Å². The van der Waals surface area contributed by atoms with Crippen LogP contribution in [-0.4, -0.2) is 25.3 Å². The lowest BCUT2D eigenvalue weighted by molar-refractivity contribution is 0.0845. The van der Waals surface area contributed by atoms with Gasteiger partial charge in [0.15, 0.2) is 0 Å². The minimum atomic E-state index is 0.288. The Kier molecular flexibility index (Phi) is 7.20. The van der Waals surface area contributed by atoms with Crippen LogP contribution in [0.2, 0.25) is 0 Å². The summed E-state index contributed by atoms with van der Waals surface area (Å²) in [5.74, 6) is 0.800. The first kappa shape index (κ1) is 13.9. The first-order valence-corrected chi connectivity index (χ1v) is 5.76. The maximum absolute atomic E-state index is 5.28. The fourth-order valence-electron chi connectivity index (χ4n) is 1.46. The molecule has 0 aromatic rings. The van der Waals surface area contributed by atoms with Gasteiger partial charge in [0.25, 0.3) is 0 Å². The van der Waals surface area contributed by atoms with Crippen LogP contribution < -0.4 is 5.32 Å². The summed E-state index contributed by atoms with van der Waals surface area (Å²) in [6.45, 7) is 11.1. The van der Waals surface area contributed by atoms with Crippen LogP contribution in [0.1, 0.15) is 47.5 Å². The molecule has 0 spiro atoms. The van der Waals surface area contributed by atoms with E-state index < -0.39 is 0 Å². The van der Waals surface area contributed by atoms with Crippen molar-refractivity contribution >= 4 is 0 Å². The van der Waals surface area contributed by atoms with E-state index in [-0.39, 0.29) is 6.10 Å². The molecule has 0 aliphatic heterocycles. The molecule has 2 heteroatoms. The summed E-state index contributed by atoms with van der Waals surface area (Å²) in [5.41, 5.74) is 0. The molecular formula is C12H27NO. The van der Waals surface area contributed by atoms with Crippen LogP contribution >= 0.6 is 0 Å². The average molecular weight is 201 g/mol. The third kappa shape index (κ3) is 6.39. The molecule has 0 saturated heterocycles. The van der Waals surface area contributed by atoms with E-state index in [4.69, 9.17) is 4.74 Å². The molecule has 0 aromatic heterocycles. The van der Waals surface area contributed by atoms with Gasteiger partial charge in [-0.1, -0.05) is 13.8 Å². The Morgan fingerprint density at radius 2 is 1.57 bits per heavy atom. The van der Waals surface area contributed by atoms with Crippen molar-refractivity contribution in [3.8, 4) is 0 Å². The van der Waals surface area contributed by atoms with Crippen molar-refractivity contribution in [2.24, 2.45) is 5.92 Å². The van der Waals surface area contributed by atoms with E-state index in [0.717, 1.165) is 5.92 Å². The maximum Gasteiger partial charge on any atom is 0.0693 e. The van der Waals surface area contributed by atoms with Gasteiger partial charge in [0.1, 0.15) is 0 Å². The van der Waals surface area contributed by atoms with Gasteiger partial charge in [-0.3, -0.25) is 0 Å². The number of ether oxygens (including phenoxy) is 1. The molecule has 0 heterocycles. The Bertz CT molecular complexity index is 136. The molecule has 0 aliphatic carbocycles. The number of nitrogens with one attached hydrogen (secondary N) is 1. The van der Waals surface area contributed by atoms with Gasteiger partial charge in [0.05, 0.1) is 6.10 Å². The molecule has 0 radical (unpaired) electrons. The minimum Gasteiger partial charge on any atom is -0.380 e. The molecule has 0 amide bonds. The Hall–Kier alpha value is -0.0800. The van der Waals surface area contributed by atoms with Crippen LogP contribution in [-0.2, 0) is 4.74 Å². The van der Waals surface area contributed by atoms with Gasteiger partial charge < -0.3 is 10.1 Å². The topological polar surface area (TPSA) is 21.3 Å². The molecule has 0 aliphatic rings. The van der Waals surface area contributed by atoms with Crippen LogP contribution in [0, 0.1) is 5.92 Å². The third-order valence-electron chi connectivity index (χ3n) is 2.80. The van der Waals surface area contributed by atoms with Gasteiger partial charge in [-0.2, -0.15) is 0 Å². The zero-order chi connectivity index (χ0) is 11.1. The SMILES string of the molecule is COC(C)C(C)NC(C)CCC(C)C. The van der Waals surface area contributed by atoms with Crippen molar-refractivity contribution in [3.05, 3.63) is 0 Å². The van der Waals surface area contributed by atoms with Gasteiger partial charge in [0, 0.05) is 19.2 Å². The maximum atomic E-state index is 5.28. The standard InChI is InChI=1S/C12H27NO/c1-9(2)7-8-10(3)13-11(4)12(5)14-6/h9-13H,7-8H2,1-6H3. The Morgan fingerprint density at radius 3 is 2.00 bits per heavy atom. The highest BCUT2D eigenvalue weighted by Gasteiger charge is 2.13. The second-order valence-electron chi connectivity index (χ2n) is 4.77. The normalized spacial score (nSPS) is 18.2. The third-order valence-corrected chi connectivity index (χ3v) is 2.80. The summed E-state index contributed by atoms with van der Waals surface area (Å²) in [6.07, 6.45) is 2.83.